The van der Waals surface area contributed by atoms with E-state index in [0.29, 0.717) is 0 Å². The second-order valence-electron chi connectivity index (χ2n) is 8.83. The Bertz CT molecular complexity index is 1410. The highest BCUT2D eigenvalue weighted by atomic mass is 16.7. The Kier molecular flexibility index (Phi) is 3.21. The van der Waals surface area contributed by atoms with Gasteiger partial charge in [0.1, 0.15) is 22.3 Å². The average Bonchev–Trinajstić information content (AvgIpc) is 3.29. The van der Waals surface area contributed by atoms with Crippen LogP contribution in [0.5, 0.6) is 0 Å². The maximum atomic E-state index is 6.36. The number of benzene rings is 3. The molecule has 3 aromatic carbocycles. The predicted octanol–water partition coefficient (Wildman–Crippen LogP) is 5.78. The molecule has 3 heterocycles. The van der Waals surface area contributed by atoms with Crippen molar-refractivity contribution in [3.63, 3.8) is 0 Å². The summed E-state index contributed by atoms with van der Waals surface area (Å²) in [6, 6.07) is 18.2. The highest BCUT2D eigenvalue weighted by molar-refractivity contribution is 6.66. The van der Waals surface area contributed by atoms with E-state index in [0.717, 1.165) is 49.3 Å². The van der Waals surface area contributed by atoms with Gasteiger partial charge in [0.05, 0.1) is 11.2 Å². The molecule has 1 fully saturated rings. The molecule has 5 aromatic rings. The molecule has 1 saturated heterocycles. The Morgan fingerprint density at radius 1 is 0.655 bits per heavy atom. The molecule has 0 N–H and O–H groups in total. The molecule has 1 aliphatic heterocycles. The van der Waals surface area contributed by atoms with E-state index >= 15 is 0 Å². The van der Waals surface area contributed by atoms with Crippen LogP contribution in [0.3, 0.4) is 0 Å². The van der Waals surface area contributed by atoms with Gasteiger partial charge >= 0.3 is 7.12 Å². The van der Waals surface area contributed by atoms with Crippen LogP contribution in [0.1, 0.15) is 27.7 Å². The summed E-state index contributed by atoms with van der Waals surface area (Å²) in [6.07, 6.45) is 0. The highest BCUT2D eigenvalue weighted by Gasteiger charge is 2.52. The third kappa shape index (κ3) is 2.23. The minimum atomic E-state index is -0.527. The molecular formula is C24H21BO4. The molecule has 0 atom stereocenters. The number of hydrogen-bond acceptors (Lipinski definition) is 4. The van der Waals surface area contributed by atoms with Gasteiger partial charge in [-0.1, -0.05) is 36.4 Å². The van der Waals surface area contributed by atoms with Gasteiger partial charge in [0.2, 0.25) is 0 Å². The summed E-state index contributed by atoms with van der Waals surface area (Å²) >= 11 is 0. The SMILES string of the molecule is CC1(C)OB(c2cc3oc4ccccc4c3c3c2oc2ccccc23)OC1(C)C. The number of hydrogen-bond donors (Lipinski definition) is 0. The van der Waals surface area contributed by atoms with Crippen LogP contribution in [0.2, 0.25) is 0 Å². The van der Waals surface area contributed by atoms with Gasteiger partial charge in [0.25, 0.3) is 0 Å². The Labute approximate surface area is 168 Å². The minimum absolute atomic E-state index is 0.432. The molecule has 5 heteroatoms. The third-order valence-electron chi connectivity index (χ3n) is 6.52. The Morgan fingerprint density at radius 2 is 1.21 bits per heavy atom. The molecule has 0 amide bonds. The first kappa shape index (κ1) is 17.1. The molecule has 4 nitrogen and oxygen atoms in total. The number of para-hydroxylation sites is 2. The van der Waals surface area contributed by atoms with Crippen molar-refractivity contribution in [3.05, 3.63) is 54.6 Å². The molecule has 1 aliphatic rings. The van der Waals surface area contributed by atoms with Gasteiger partial charge in [-0.05, 0) is 45.9 Å². The topological polar surface area (TPSA) is 44.7 Å². The molecule has 144 valence electrons. The lowest BCUT2D eigenvalue weighted by molar-refractivity contribution is 0.00578. The Balaban J connectivity index is 1.75. The van der Waals surface area contributed by atoms with Crippen LogP contribution in [0.4, 0.5) is 0 Å². The van der Waals surface area contributed by atoms with Gasteiger partial charge in [0, 0.05) is 27.0 Å². The van der Waals surface area contributed by atoms with E-state index in [2.05, 4.69) is 39.8 Å². The second kappa shape index (κ2) is 5.44. The van der Waals surface area contributed by atoms with Gasteiger partial charge in [0.15, 0.2) is 0 Å². The van der Waals surface area contributed by atoms with Gasteiger partial charge in [-0.15, -0.1) is 0 Å². The monoisotopic (exact) mass is 384 g/mol. The van der Waals surface area contributed by atoms with Gasteiger partial charge in [-0.25, -0.2) is 0 Å². The molecule has 2 aromatic heterocycles. The lowest BCUT2D eigenvalue weighted by atomic mass is 9.77. The standard InChI is InChI=1S/C24H21BO4/c1-23(2)24(3,4)29-25(28-23)16-13-19-20(14-9-5-7-11-17(14)26-19)21-15-10-6-8-12-18(15)27-22(16)21/h5-13H,1-4H3. The first-order valence-electron chi connectivity index (χ1n) is 9.97. The maximum Gasteiger partial charge on any atom is 0.498 e. The molecule has 0 bridgehead atoms. The van der Waals surface area contributed by atoms with Crippen molar-refractivity contribution in [2.75, 3.05) is 0 Å². The fraction of sp³-hybridized carbons (Fsp3) is 0.250. The molecule has 0 aliphatic carbocycles. The van der Waals surface area contributed by atoms with Gasteiger partial charge in [-0.3, -0.25) is 0 Å². The van der Waals surface area contributed by atoms with Gasteiger partial charge in [-0.2, -0.15) is 0 Å². The molecule has 6 rings (SSSR count). The van der Waals surface area contributed by atoms with Crippen molar-refractivity contribution in [1.29, 1.82) is 0 Å². The van der Waals surface area contributed by atoms with Crippen LogP contribution in [0.25, 0.3) is 43.9 Å². The predicted molar refractivity (Wildman–Crippen MR) is 117 cm³/mol. The molecule has 0 saturated carbocycles. The van der Waals surface area contributed by atoms with E-state index in [4.69, 9.17) is 18.1 Å². The first-order chi connectivity index (χ1) is 13.9. The summed E-state index contributed by atoms with van der Waals surface area (Å²) in [7, 11) is -0.527. The lowest BCUT2D eigenvalue weighted by Crippen LogP contribution is -2.41. The van der Waals surface area contributed by atoms with Crippen molar-refractivity contribution < 1.29 is 18.1 Å². The summed E-state index contributed by atoms with van der Waals surface area (Å²) in [5.74, 6) is 0. The van der Waals surface area contributed by atoms with Crippen LogP contribution in [0, 0.1) is 0 Å². The summed E-state index contributed by atoms with van der Waals surface area (Å²) in [6.45, 7) is 8.23. The quantitative estimate of drug-likeness (QED) is 0.344. The van der Waals surface area contributed by atoms with E-state index in [9.17, 15) is 0 Å². The zero-order valence-corrected chi connectivity index (χ0v) is 16.9. The normalized spacial score (nSPS) is 18.6. The first-order valence-corrected chi connectivity index (χ1v) is 9.97. The van der Waals surface area contributed by atoms with E-state index < -0.39 is 18.3 Å². The zero-order chi connectivity index (χ0) is 20.0. The fourth-order valence-corrected chi connectivity index (χ4v) is 4.27. The molecule has 0 spiro atoms. The largest absolute Gasteiger partial charge is 0.498 e. The summed E-state index contributed by atoms with van der Waals surface area (Å²) in [4.78, 5) is 0. The molecule has 29 heavy (non-hydrogen) atoms. The minimum Gasteiger partial charge on any atom is -0.456 e. The van der Waals surface area contributed by atoms with Crippen LogP contribution >= 0.6 is 0 Å². The molecule has 0 radical (unpaired) electrons. The fourth-order valence-electron chi connectivity index (χ4n) is 4.27. The van der Waals surface area contributed by atoms with Crippen molar-refractivity contribution in [2.45, 2.75) is 38.9 Å². The smallest absolute Gasteiger partial charge is 0.456 e. The zero-order valence-electron chi connectivity index (χ0n) is 16.9. The maximum absolute atomic E-state index is 6.36. The summed E-state index contributed by atoms with van der Waals surface area (Å²) in [5, 5.41) is 4.27. The van der Waals surface area contributed by atoms with Crippen LogP contribution in [0.15, 0.2) is 63.4 Å². The van der Waals surface area contributed by atoms with Crippen molar-refractivity contribution >= 4 is 56.5 Å². The molecule has 0 unspecified atom stereocenters. The van der Waals surface area contributed by atoms with E-state index in [1.807, 2.05) is 42.5 Å². The van der Waals surface area contributed by atoms with Gasteiger partial charge < -0.3 is 18.1 Å². The number of rotatable bonds is 1. The number of furan rings is 2. The highest BCUT2D eigenvalue weighted by Crippen LogP contribution is 2.41. The van der Waals surface area contributed by atoms with Crippen molar-refractivity contribution in [3.8, 4) is 0 Å². The Morgan fingerprint density at radius 3 is 1.86 bits per heavy atom. The summed E-state index contributed by atoms with van der Waals surface area (Å²) in [5.41, 5.74) is 3.32. The van der Waals surface area contributed by atoms with E-state index in [1.165, 1.54) is 0 Å². The Hall–Kier alpha value is -2.76. The van der Waals surface area contributed by atoms with E-state index in [1.54, 1.807) is 0 Å². The van der Waals surface area contributed by atoms with Crippen molar-refractivity contribution in [2.24, 2.45) is 0 Å². The van der Waals surface area contributed by atoms with Crippen molar-refractivity contribution in [1.82, 2.24) is 0 Å². The lowest BCUT2D eigenvalue weighted by Gasteiger charge is -2.32. The number of fused-ring (bicyclic) bond motifs is 7. The second-order valence-corrected chi connectivity index (χ2v) is 8.83. The van der Waals surface area contributed by atoms with Crippen LogP contribution in [-0.4, -0.2) is 18.3 Å². The van der Waals surface area contributed by atoms with E-state index in [-0.39, 0.29) is 0 Å². The average molecular weight is 384 g/mol. The van der Waals surface area contributed by atoms with Crippen LogP contribution < -0.4 is 5.46 Å². The molecular weight excluding hydrogens is 363 g/mol. The van der Waals surface area contributed by atoms with Crippen LogP contribution in [-0.2, 0) is 9.31 Å². The third-order valence-corrected chi connectivity index (χ3v) is 6.52. The summed E-state index contributed by atoms with van der Waals surface area (Å²) < 4.78 is 25.3.